The van der Waals surface area contributed by atoms with Gasteiger partial charge in [0.1, 0.15) is 0 Å². The van der Waals surface area contributed by atoms with Crippen LogP contribution in [0.2, 0.25) is 0 Å². The number of phenolic OH excluding ortho intramolecular Hbond substituents is 1. The molecule has 0 saturated carbocycles. The minimum atomic E-state index is -1.74. The Bertz CT molecular complexity index is 1190. The standard InChI is InChI=1S/C26H25INO3/c1-3-17(13-14-27-4-2)24-16-21-20-8-6-5-7-18(20)9-11-23(21)28(24)19-10-12-25(29)22(15-19)26(30)31/h3-8,10,12-16,26,29-31H,2,9,11H2,1H3/q-1/b14-13-,17-3+. The molecular weight excluding hydrogens is 501 g/mol. The van der Waals surface area contributed by atoms with Crippen LogP contribution in [0.4, 0.5) is 0 Å². The average molecular weight is 526 g/mol. The van der Waals surface area contributed by atoms with Crippen LogP contribution < -0.4 is 21.2 Å². The zero-order valence-corrected chi connectivity index (χ0v) is 19.5. The van der Waals surface area contributed by atoms with Crippen molar-refractivity contribution in [3.8, 4) is 22.6 Å². The summed E-state index contributed by atoms with van der Waals surface area (Å²) in [5.41, 5.74) is 7.98. The minimum absolute atomic E-state index is 0.0946. The maximum atomic E-state index is 10.1. The molecule has 31 heavy (non-hydrogen) atoms. The Labute approximate surface area is 192 Å². The van der Waals surface area contributed by atoms with Crippen molar-refractivity contribution in [2.75, 3.05) is 0 Å². The van der Waals surface area contributed by atoms with E-state index in [1.165, 1.54) is 28.5 Å². The first-order valence-corrected chi connectivity index (χ1v) is 12.6. The Balaban J connectivity index is 1.97. The zero-order chi connectivity index (χ0) is 22.0. The molecule has 0 atom stereocenters. The number of rotatable bonds is 6. The average Bonchev–Trinajstić information content (AvgIpc) is 3.17. The monoisotopic (exact) mass is 526 g/mol. The van der Waals surface area contributed by atoms with Gasteiger partial charge < -0.3 is 0 Å². The summed E-state index contributed by atoms with van der Waals surface area (Å²) in [6, 6.07) is 15.7. The topological polar surface area (TPSA) is 65.6 Å². The fraction of sp³-hybridized carbons (Fsp3) is 0.154. The van der Waals surface area contributed by atoms with Crippen LogP contribution in [-0.2, 0) is 12.8 Å². The van der Waals surface area contributed by atoms with E-state index in [1.807, 2.05) is 17.1 Å². The molecule has 3 aromatic rings. The number of hydrogen-bond acceptors (Lipinski definition) is 3. The molecule has 0 bridgehead atoms. The van der Waals surface area contributed by atoms with Gasteiger partial charge in [0.25, 0.3) is 0 Å². The number of benzene rings is 2. The second kappa shape index (κ2) is 9.26. The Morgan fingerprint density at radius 2 is 1.90 bits per heavy atom. The summed E-state index contributed by atoms with van der Waals surface area (Å²) < 4.78 is 6.34. The van der Waals surface area contributed by atoms with Crippen LogP contribution in [-0.4, -0.2) is 19.9 Å². The predicted octanol–water partition coefficient (Wildman–Crippen LogP) is 2.08. The number of allylic oxidation sites excluding steroid dienone is 3. The van der Waals surface area contributed by atoms with E-state index in [2.05, 4.69) is 57.7 Å². The van der Waals surface area contributed by atoms with E-state index in [9.17, 15) is 15.3 Å². The molecule has 1 aromatic heterocycles. The number of fused-ring (bicyclic) bond motifs is 3. The fourth-order valence-electron chi connectivity index (χ4n) is 4.16. The molecule has 0 radical (unpaired) electrons. The predicted molar refractivity (Wildman–Crippen MR) is 120 cm³/mol. The summed E-state index contributed by atoms with van der Waals surface area (Å²) in [6.07, 6.45) is 4.32. The van der Waals surface area contributed by atoms with E-state index in [0.717, 1.165) is 29.8 Å². The first-order chi connectivity index (χ1) is 15.0. The van der Waals surface area contributed by atoms with Crippen LogP contribution in [0.15, 0.2) is 75.4 Å². The molecule has 1 aliphatic carbocycles. The third-order valence-electron chi connectivity index (χ3n) is 5.60. The van der Waals surface area contributed by atoms with Gasteiger partial charge in [-0.3, -0.25) is 0 Å². The second-order valence-corrected chi connectivity index (χ2v) is 9.64. The Morgan fingerprint density at radius 3 is 2.65 bits per heavy atom. The summed E-state index contributed by atoms with van der Waals surface area (Å²) in [7, 11) is 0. The number of nitrogens with zero attached hydrogens (tertiary/aromatic N) is 1. The molecule has 4 nitrogen and oxygen atoms in total. The molecule has 0 amide bonds. The van der Waals surface area contributed by atoms with E-state index < -0.39 is 6.29 Å². The van der Waals surface area contributed by atoms with Crippen molar-refractivity contribution >= 4 is 5.57 Å². The quantitative estimate of drug-likeness (QED) is 0.262. The Hall–Kier alpha value is -2.61. The fourth-order valence-corrected chi connectivity index (χ4v) is 5.05. The van der Waals surface area contributed by atoms with Crippen molar-refractivity contribution in [1.29, 1.82) is 0 Å². The number of aryl methyl sites for hydroxylation is 1. The second-order valence-electron chi connectivity index (χ2n) is 7.32. The van der Waals surface area contributed by atoms with Gasteiger partial charge in [-0.2, -0.15) is 0 Å². The first kappa shape index (κ1) is 21.6. The normalized spacial score (nSPS) is 13.6. The van der Waals surface area contributed by atoms with Gasteiger partial charge in [0.2, 0.25) is 0 Å². The van der Waals surface area contributed by atoms with Crippen molar-refractivity contribution in [2.45, 2.75) is 26.1 Å². The summed E-state index contributed by atoms with van der Waals surface area (Å²) >= 11 is -0.192. The van der Waals surface area contributed by atoms with Gasteiger partial charge in [0.05, 0.1) is 0 Å². The number of halogens is 1. The molecule has 4 rings (SSSR count). The molecule has 0 aliphatic heterocycles. The Morgan fingerprint density at radius 1 is 1.10 bits per heavy atom. The van der Waals surface area contributed by atoms with E-state index in [-0.39, 0.29) is 32.5 Å². The SMILES string of the molecule is C=C[I-]/C=C\C(=C/C)c1cc2c(n1-c1ccc(O)c(C(O)O)c1)CCc1ccccc1-2. The van der Waals surface area contributed by atoms with Gasteiger partial charge in [-0.1, -0.05) is 0 Å². The van der Waals surface area contributed by atoms with Gasteiger partial charge in [-0.15, -0.1) is 0 Å². The third-order valence-corrected chi connectivity index (χ3v) is 6.88. The van der Waals surface area contributed by atoms with Crippen molar-refractivity contribution in [2.24, 2.45) is 0 Å². The summed E-state index contributed by atoms with van der Waals surface area (Å²) in [6.45, 7) is 5.86. The van der Waals surface area contributed by atoms with Crippen LogP contribution in [0.1, 0.15) is 35.7 Å². The van der Waals surface area contributed by atoms with Crippen molar-refractivity contribution in [3.63, 3.8) is 0 Å². The maximum absolute atomic E-state index is 10.1. The molecule has 0 spiro atoms. The van der Waals surface area contributed by atoms with Gasteiger partial charge >= 0.3 is 193 Å². The van der Waals surface area contributed by atoms with E-state index in [0.29, 0.717) is 0 Å². The molecule has 5 heteroatoms. The van der Waals surface area contributed by atoms with Gasteiger partial charge in [0.15, 0.2) is 0 Å². The van der Waals surface area contributed by atoms with E-state index in [1.54, 1.807) is 6.07 Å². The number of aromatic hydroxyl groups is 1. The Kier molecular flexibility index (Phi) is 6.46. The molecule has 2 aromatic carbocycles. The first-order valence-electron chi connectivity index (χ1n) is 10.1. The van der Waals surface area contributed by atoms with Crippen LogP contribution in [0.5, 0.6) is 5.75 Å². The third kappa shape index (κ3) is 4.13. The summed E-state index contributed by atoms with van der Waals surface area (Å²) in [5, 5.41) is 29.5. The van der Waals surface area contributed by atoms with Crippen LogP contribution in [0.25, 0.3) is 22.4 Å². The summed E-state index contributed by atoms with van der Waals surface area (Å²) in [5.74, 6) is -0.131. The van der Waals surface area contributed by atoms with Crippen molar-refractivity contribution in [3.05, 3.63) is 97.9 Å². The number of aliphatic hydroxyl groups excluding tert-OH is 1. The van der Waals surface area contributed by atoms with Crippen LogP contribution in [0, 0.1) is 0 Å². The molecule has 0 saturated heterocycles. The van der Waals surface area contributed by atoms with Gasteiger partial charge in [0, 0.05) is 0 Å². The molecular formula is C26H25INO3-. The van der Waals surface area contributed by atoms with E-state index >= 15 is 0 Å². The molecule has 3 N–H and O–H groups in total. The van der Waals surface area contributed by atoms with Gasteiger partial charge in [-0.25, -0.2) is 0 Å². The molecule has 0 unspecified atom stereocenters. The number of aromatic nitrogens is 1. The zero-order valence-electron chi connectivity index (χ0n) is 17.3. The molecule has 0 fully saturated rings. The number of hydrogen-bond donors (Lipinski definition) is 3. The van der Waals surface area contributed by atoms with Crippen LogP contribution in [0.3, 0.4) is 0 Å². The molecule has 160 valence electrons. The summed E-state index contributed by atoms with van der Waals surface area (Å²) in [4.78, 5) is 0. The number of aliphatic hydroxyl groups is 2. The van der Waals surface area contributed by atoms with E-state index in [4.69, 9.17) is 0 Å². The van der Waals surface area contributed by atoms with Crippen molar-refractivity contribution in [1.82, 2.24) is 4.57 Å². The number of phenols is 1. The van der Waals surface area contributed by atoms with Gasteiger partial charge in [-0.05, 0) is 0 Å². The molecule has 1 aliphatic rings. The molecule has 1 heterocycles. The van der Waals surface area contributed by atoms with Crippen molar-refractivity contribution < 1.29 is 36.5 Å². The van der Waals surface area contributed by atoms with Crippen LogP contribution >= 0.6 is 0 Å².